The second kappa shape index (κ2) is 9.77. The highest BCUT2D eigenvalue weighted by atomic mass is 79.9. The van der Waals surface area contributed by atoms with Crippen LogP contribution in [0.3, 0.4) is 0 Å². The smallest absolute Gasteiger partial charge is 0.417 e. The Balaban J connectivity index is 0.00000320. The van der Waals surface area contributed by atoms with E-state index in [1.165, 1.54) is 11.3 Å². The van der Waals surface area contributed by atoms with Crippen LogP contribution in [0, 0.1) is 25.2 Å². The number of hydrogen-bond acceptors (Lipinski definition) is 5. The molecule has 0 unspecified atom stereocenters. The molecule has 0 aliphatic rings. The van der Waals surface area contributed by atoms with Crippen LogP contribution in [0.2, 0.25) is 0 Å². The molecule has 3 aromatic rings. The Bertz CT molecular complexity index is 1110. The minimum atomic E-state index is -4.70. The van der Waals surface area contributed by atoms with Crippen LogP contribution in [0.1, 0.15) is 32.6 Å². The van der Waals surface area contributed by atoms with Crippen LogP contribution < -0.4 is 17.0 Å². The summed E-state index contributed by atoms with van der Waals surface area (Å²) in [4.78, 5) is 17.4. The Kier molecular flexibility index (Phi) is 7.86. The molecule has 3 nitrogen and oxygen atoms in total. The molecule has 156 valence electrons. The minimum Gasteiger partial charge on any atom is -1.00 e. The van der Waals surface area contributed by atoms with Crippen LogP contribution in [-0.2, 0) is 6.18 Å². The van der Waals surface area contributed by atoms with E-state index in [1.807, 2.05) is 26.0 Å². The fraction of sp³-hybridized carbons (Fsp3) is 0.190. The molecule has 0 aliphatic carbocycles. The number of pyridine rings is 1. The fourth-order valence-electron chi connectivity index (χ4n) is 2.85. The van der Waals surface area contributed by atoms with Gasteiger partial charge < -0.3 is 17.0 Å². The van der Waals surface area contributed by atoms with Crippen molar-refractivity contribution in [3.05, 3.63) is 69.6 Å². The standard InChI is InChI=1S/C21H15F3N2OS2.BrH/c1-12-5-6-14(13(2)8-12)18(27)11-29-20-15(10-25)16(21(22,23)24)9-17(26-20)19-4-3-7-28-19;/h3-9H,11H2,1-2H3;1H/p-1. The zero-order chi connectivity index (χ0) is 21.2. The molecule has 0 amide bonds. The molecule has 0 spiro atoms. The van der Waals surface area contributed by atoms with Crippen LogP contribution in [0.5, 0.6) is 0 Å². The van der Waals surface area contributed by atoms with Gasteiger partial charge in [-0.1, -0.05) is 41.6 Å². The third-order valence-electron chi connectivity index (χ3n) is 4.20. The third kappa shape index (κ3) is 5.31. The van der Waals surface area contributed by atoms with Gasteiger partial charge in [0.2, 0.25) is 0 Å². The predicted molar refractivity (Wildman–Crippen MR) is 108 cm³/mol. The van der Waals surface area contributed by atoms with Gasteiger partial charge in [0.25, 0.3) is 0 Å². The summed E-state index contributed by atoms with van der Waals surface area (Å²) in [6, 6.07) is 11.3. The Morgan fingerprint density at radius 1 is 1.23 bits per heavy atom. The zero-order valence-electron chi connectivity index (χ0n) is 15.9. The maximum Gasteiger partial charge on any atom is 0.417 e. The minimum absolute atomic E-state index is 0. The summed E-state index contributed by atoms with van der Waals surface area (Å²) in [6.07, 6.45) is -4.70. The molecule has 2 heterocycles. The van der Waals surface area contributed by atoms with Crippen molar-refractivity contribution in [2.75, 3.05) is 5.75 Å². The van der Waals surface area contributed by atoms with E-state index >= 15 is 0 Å². The lowest BCUT2D eigenvalue weighted by molar-refractivity contribution is -0.138. The fourth-order valence-corrected chi connectivity index (χ4v) is 4.42. The number of aryl methyl sites for hydroxylation is 2. The number of Topliss-reactive ketones (excluding diaryl/α,β-unsaturated/α-hetero) is 1. The summed E-state index contributed by atoms with van der Waals surface area (Å²) < 4.78 is 40.6. The number of alkyl halides is 3. The van der Waals surface area contributed by atoms with Gasteiger partial charge in [0, 0.05) is 5.56 Å². The molecule has 30 heavy (non-hydrogen) atoms. The van der Waals surface area contributed by atoms with Gasteiger partial charge in [0.15, 0.2) is 5.78 Å². The third-order valence-corrected chi connectivity index (χ3v) is 6.07. The van der Waals surface area contributed by atoms with E-state index in [0.717, 1.165) is 29.0 Å². The summed E-state index contributed by atoms with van der Waals surface area (Å²) >= 11 is 2.10. The molecule has 3 rings (SSSR count). The first kappa shape index (κ1) is 24.1. The first-order valence-corrected chi connectivity index (χ1v) is 10.4. The molecule has 1 aromatic carbocycles. The number of nitrogens with zero attached hydrogens (tertiary/aromatic N) is 2. The Hall–Kier alpha value is -2.15. The zero-order valence-corrected chi connectivity index (χ0v) is 19.1. The molecule has 0 aliphatic heterocycles. The summed E-state index contributed by atoms with van der Waals surface area (Å²) in [5, 5.41) is 11.0. The van der Waals surface area contributed by atoms with Crippen LogP contribution in [0.15, 0.2) is 46.8 Å². The number of thioether (sulfide) groups is 1. The van der Waals surface area contributed by atoms with E-state index in [0.29, 0.717) is 10.4 Å². The van der Waals surface area contributed by atoms with Crippen molar-refractivity contribution in [1.29, 1.82) is 5.26 Å². The average molecular weight is 512 g/mol. The van der Waals surface area contributed by atoms with Crippen LogP contribution in [-0.4, -0.2) is 16.5 Å². The lowest BCUT2D eigenvalue weighted by Gasteiger charge is -2.13. The Morgan fingerprint density at radius 2 is 1.97 bits per heavy atom. The number of benzene rings is 1. The first-order chi connectivity index (χ1) is 13.7. The lowest BCUT2D eigenvalue weighted by Crippen LogP contribution is -3.00. The number of halogens is 4. The van der Waals surface area contributed by atoms with Crippen LogP contribution >= 0.6 is 23.1 Å². The molecule has 0 radical (unpaired) electrons. The number of aromatic nitrogens is 1. The molecule has 0 atom stereocenters. The molecule has 0 N–H and O–H groups in total. The number of rotatable bonds is 5. The molecule has 0 bridgehead atoms. The summed E-state index contributed by atoms with van der Waals surface area (Å²) in [5.74, 6) is -0.343. The molecule has 2 aromatic heterocycles. The Morgan fingerprint density at radius 3 is 2.53 bits per heavy atom. The van der Waals surface area contributed by atoms with Crippen molar-refractivity contribution in [2.24, 2.45) is 0 Å². The number of ketones is 1. The first-order valence-electron chi connectivity index (χ1n) is 8.50. The molecular weight excluding hydrogens is 497 g/mol. The van der Waals surface area contributed by atoms with E-state index in [2.05, 4.69) is 4.98 Å². The highest BCUT2D eigenvalue weighted by Crippen LogP contribution is 2.38. The van der Waals surface area contributed by atoms with Gasteiger partial charge in [0.05, 0.1) is 27.5 Å². The number of hydrogen-bond donors (Lipinski definition) is 0. The van der Waals surface area contributed by atoms with Crippen molar-refractivity contribution in [3.63, 3.8) is 0 Å². The van der Waals surface area contributed by atoms with Crippen molar-refractivity contribution < 1.29 is 34.9 Å². The van der Waals surface area contributed by atoms with Gasteiger partial charge >= 0.3 is 6.18 Å². The highest BCUT2D eigenvalue weighted by molar-refractivity contribution is 8.00. The van der Waals surface area contributed by atoms with E-state index in [4.69, 9.17) is 0 Å². The number of thiophene rings is 1. The monoisotopic (exact) mass is 511 g/mol. The average Bonchev–Trinajstić information content (AvgIpc) is 3.19. The molecular formula is C21H15BrF3N2OS2-. The number of carbonyl (C=O) groups is 1. The van der Waals surface area contributed by atoms with Crippen LogP contribution in [0.25, 0.3) is 10.6 Å². The maximum absolute atomic E-state index is 13.5. The predicted octanol–water partition coefficient (Wildman–Crippen LogP) is 3.30. The maximum atomic E-state index is 13.5. The molecule has 9 heteroatoms. The summed E-state index contributed by atoms with van der Waals surface area (Å²) in [5.41, 5.74) is 0.849. The quantitative estimate of drug-likeness (QED) is 0.389. The largest absolute Gasteiger partial charge is 1.00 e. The van der Waals surface area contributed by atoms with Gasteiger partial charge in [-0.15, -0.1) is 11.3 Å². The van der Waals surface area contributed by atoms with Crippen molar-refractivity contribution in [2.45, 2.75) is 25.0 Å². The van der Waals surface area contributed by atoms with E-state index < -0.39 is 17.3 Å². The lowest BCUT2D eigenvalue weighted by atomic mass is 10.0. The number of carbonyl (C=O) groups excluding carboxylic acids is 1. The SMILES string of the molecule is Cc1ccc(C(=O)CSc2nc(-c3cccs3)cc(C(F)(F)F)c2C#N)c(C)c1.[Br-]. The van der Waals surface area contributed by atoms with Gasteiger partial charge in [-0.3, -0.25) is 4.79 Å². The van der Waals surface area contributed by atoms with E-state index in [9.17, 15) is 23.2 Å². The van der Waals surface area contributed by atoms with E-state index in [1.54, 1.807) is 29.6 Å². The number of nitriles is 1. The van der Waals surface area contributed by atoms with Crippen molar-refractivity contribution >= 4 is 28.9 Å². The summed E-state index contributed by atoms with van der Waals surface area (Å²) in [7, 11) is 0. The molecule has 0 fully saturated rings. The Labute approximate surface area is 190 Å². The van der Waals surface area contributed by atoms with Gasteiger partial charge in [0.1, 0.15) is 11.1 Å². The molecule has 0 saturated heterocycles. The van der Waals surface area contributed by atoms with Gasteiger partial charge in [-0.25, -0.2) is 4.98 Å². The second-order valence-corrected chi connectivity index (χ2v) is 8.26. The topological polar surface area (TPSA) is 53.8 Å². The van der Waals surface area contributed by atoms with Crippen molar-refractivity contribution in [3.8, 4) is 16.6 Å². The second-order valence-electron chi connectivity index (χ2n) is 6.35. The normalized spacial score (nSPS) is 10.9. The molecule has 0 saturated carbocycles. The van der Waals surface area contributed by atoms with Crippen LogP contribution in [0.4, 0.5) is 13.2 Å². The van der Waals surface area contributed by atoms with Crippen molar-refractivity contribution in [1.82, 2.24) is 4.98 Å². The van der Waals surface area contributed by atoms with Gasteiger partial charge in [-0.05, 0) is 36.9 Å². The summed E-state index contributed by atoms with van der Waals surface area (Å²) in [6.45, 7) is 3.72. The van der Waals surface area contributed by atoms with E-state index in [-0.39, 0.29) is 39.2 Å². The highest BCUT2D eigenvalue weighted by Gasteiger charge is 2.36. The van der Waals surface area contributed by atoms with Gasteiger partial charge in [-0.2, -0.15) is 18.4 Å².